The number of furan rings is 1. The molecule has 1 heterocycles. The summed E-state index contributed by atoms with van der Waals surface area (Å²) in [7, 11) is 0. The molecule has 11 rings (SSSR count). The van der Waals surface area contributed by atoms with Crippen molar-refractivity contribution in [2.24, 2.45) is 0 Å². The summed E-state index contributed by atoms with van der Waals surface area (Å²) in [6, 6.07) is 84.8. The zero-order valence-electron chi connectivity index (χ0n) is 32.9. The Morgan fingerprint density at radius 1 is 0.267 bits per heavy atom. The predicted octanol–water partition coefficient (Wildman–Crippen LogP) is 16.5. The predicted molar refractivity (Wildman–Crippen MR) is 253 cm³/mol. The first-order valence-corrected chi connectivity index (χ1v) is 20.5. The maximum Gasteiger partial charge on any atom is 0.143 e. The molecule has 282 valence electrons. The Kier molecular flexibility index (Phi) is 8.87. The maximum atomic E-state index is 6.97. The van der Waals surface area contributed by atoms with Crippen LogP contribution in [0.2, 0.25) is 0 Å². The molecule has 0 aliphatic heterocycles. The van der Waals surface area contributed by atoms with Crippen LogP contribution in [0.1, 0.15) is 0 Å². The van der Waals surface area contributed by atoms with E-state index < -0.39 is 0 Å². The molecule has 0 aliphatic rings. The smallest absolute Gasteiger partial charge is 0.143 e. The molecule has 0 N–H and O–H groups in total. The monoisotopic (exact) mass is 765 g/mol. The molecule has 2 nitrogen and oxygen atoms in total. The molecule has 0 spiro atoms. The Hall–Kier alpha value is -7.94. The number of anilines is 3. The Labute approximate surface area is 349 Å². The summed E-state index contributed by atoms with van der Waals surface area (Å²) in [6.45, 7) is 0. The second-order valence-corrected chi connectivity index (χ2v) is 15.3. The van der Waals surface area contributed by atoms with Crippen molar-refractivity contribution in [3.8, 4) is 55.6 Å². The van der Waals surface area contributed by atoms with Gasteiger partial charge in [-0.05, 0) is 97.9 Å². The summed E-state index contributed by atoms with van der Waals surface area (Å²) in [5, 5.41) is 4.43. The number of rotatable bonds is 8. The lowest BCUT2D eigenvalue weighted by Gasteiger charge is -2.28. The Balaban J connectivity index is 1.17. The molecule has 0 atom stereocenters. The average molecular weight is 766 g/mol. The Morgan fingerprint density at radius 2 is 0.650 bits per heavy atom. The van der Waals surface area contributed by atoms with Gasteiger partial charge in [0.1, 0.15) is 11.2 Å². The van der Waals surface area contributed by atoms with E-state index >= 15 is 0 Å². The van der Waals surface area contributed by atoms with Crippen LogP contribution in [0.4, 0.5) is 17.1 Å². The van der Waals surface area contributed by atoms with Crippen molar-refractivity contribution in [1.82, 2.24) is 0 Å². The highest BCUT2D eigenvalue weighted by Gasteiger charge is 2.23. The van der Waals surface area contributed by atoms with Crippen LogP contribution in [0.25, 0.3) is 88.3 Å². The zero-order chi connectivity index (χ0) is 39.8. The minimum absolute atomic E-state index is 0.852. The number of fused-ring (bicyclic) bond motifs is 5. The van der Waals surface area contributed by atoms with Gasteiger partial charge in [-0.25, -0.2) is 0 Å². The van der Waals surface area contributed by atoms with Crippen molar-refractivity contribution in [1.29, 1.82) is 0 Å². The highest BCUT2D eigenvalue weighted by molar-refractivity contribution is 6.20. The molecule has 1 aromatic heterocycles. The third-order valence-corrected chi connectivity index (χ3v) is 11.7. The molecule has 0 saturated heterocycles. The normalized spacial score (nSPS) is 11.3. The van der Waals surface area contributed by atoms with E-state index in [9.17, 15) is 0 Å². The second kappa shape index (κ2) is 15.1. The lowest BCUT2D eigenvalue weighted by atomic mass is 9.94. The summed E-state index contributed by atoms with van der Waals surface area (Å²) in [5.74, 6) is 0. The first-order valence-electron chi connectivity index (χ1n) is 20.5. The van der Waals surface area contributed by atoms with Gasteiger partial charge in [0.05, 0.1) is 5.69 Å². The van der Waals surface area contributed by atoms with Crippen LogP contribution in [0.3, 0.4) is 0 Å². The molecule has 0 bridgehead atoms. The van der Waals surface area contributed by atoms with Gasteiger partial charge >= 0.3 is 0 Å². The molecule has 0 unspecified atom stereocenters. The topological polar surface area (TPSA) is 16.4 Å². The molecule has 0 amide bonds. The van der Waals surface area contributed by atoms with Crippen LogP contribution < -0.4 is 4.90 Å². The lowest BCUT2D eigenvalue weighted by molar-refractivity contribution is 0.673. The number of nitrogens with zero attached hydrogens (tertiary/aromatic N) is 1. The summed E-state index contributed by atoms with van der Waals surface area (Å²) in [5.41, 5.74) is 16.6. The molecular formula is C58H39NO. The highest BCUT2D eigenvalue weighted by atomic mass is 16.3. The quantitative estimate of drug-likeness (QED) is 0.153. The summed E-state index contributed by atoms with van der Waals surface area (Å²) in [6.07, 6.45) is 0. The van der Waals surface area contributed by atoms with Gasteiger partial charge in [0.15, 0.2) is 0 Å². The van der Waals surface area contributed by atoms with Crippen molar-refractivity contribution in [3.63, 3.8) is 0 Å². The third kappa shape index (κ3) is 6.41. The number of hydrogen-bond acceptors (Lipinski definition) is 2. The standard InChI is InChI=1S/C58H39NO/c1-5-15-40(16-6-1)43-25-27-47(28-26-43)53-39-57-54(55-37-52(46-21-11-4-12-22-46)50-23-13-14-24-51(50)58(55)60-57)38-56(53)59(48-33-29-44(30-34-48)41-17-7-2-8-18-41)49-35-31-45(32-36-49)42-19-9-3-10-20-42/h1-39H. The van der Waals surface area contributed by atoms with Gasteiger partial charge in [-0.2, -0.15) is 0 Å². The second-order valence-electron chi connectivity index (χ2n) is 15.3. The minimum atomic E-state index is 0.852. The first kappa shape index (κ1) is 35.2. The van der Waals surface area contributed by atoms with Crippen LogP contribution in [-0.4, -0.2) is 0 Å². The van der Waals surface area contributed by atoms with E-state index in [1.807, 2.05) is 0 Å². The largest absolute Gasteiger partial charge is 0.455 e. The summed E-state index contributed by atoms with van der Waals surface area (Å²) in [4.78, 5) is 2.40. The van der Waals surface area contributed by atoms with E-state index in [0.717, 1.165) is 55.5 Å². The van der Waals surface area contributed by atoms with E-state index in [2.05, 4.69) is 241 Å². The Morgan fingerprint density at radius 3 is 1.15 bits per heavy atom. The molecule has 11 aromatic rings. The molecule has 0 aliphatic carbocycles. The molecule has 0 radical (unpaired) electrons. The van der Waals surface area contributed by atoms with Gasteiger partial charge in [-0.3, -0.25) is 0 Å². The molecule has 2 heteroatoms. The third-order valence-electron chi connectivity index (χ3n) is 11.7. The van der Waals surface area contributed by atoms with Gasteiger partial charge in [0, 0.05) is 33.1 Å². The fourth-order valence-electron chi connectivity index (χ4n) is 8.67. The van der Waals surface area contributed by atoms with E-state index in [-0.39, 0.29) is 0 Å². The zero-order valence-corrected chi connectivity index (χ0v) is 32.9. The van der Waals surface area contributed by atoms with Crippen molar-refractivity contribution < 1.29 is 4.42 Å². The van der Waals surface area contributed by atoms with Crippen LogP contribution in [-0.2, 0) is 0 Å². The van der Waals surface area contributed by atoms with Gasteiger partial charge in [0.25, 0.3) is 0 Å². The molecule has 60 heavy (non-hydrogen) atoms. The van der Waals surface area contributed by atoms with Crippen molar-refractivity contribution >= 4 is 49.8 Å². The van der Waals surface area contributed by atoms with Gasteiger partial charge < -0.3 is 9.32 Å². The highest BCUT2D eigenvalue weighted by Crippen LogP contribution is 2.47. The van der Waals surface area contributed by atoms with E-state index in [4.69, 9.17) is 4.42 Å². The van der Waals surface area contributed by atoms with E-state index in [0.29, 0.717) is 0 Å². The van der Waals surface area contributed by atoms with Crippen LogP contribution in [0.15, 0.2) is 241 Å². The molecule has 0 saturated carbocycles. The van der Waals surface area contributed by atoms with Gasteiger partial charge in [-0.15, -0.1) is 0 Å². The maximum absolute atomic E-state index is 6.97. The average Bonchev–Trinajstić information content (AvgIpc) is 3.70. The Bertz CT molecular complexity index is 3160. The van der Waals surface area contributed by atoms with Crippen molar-refractivity contribution in [3.05, 3.63) is 237 Å². The molecule has 0 fully saturated rings. The lowest BCUT2D eigenvalue weighted by Crippen LogP contribution is -2.11. The number of hydrogen-bond donors (Lipinski definition) is 0. The SMILES string of the molecule is c1ccc(-c2ccc(-c3cc4oc5c6ccccc6c(-c6ccccc6)cc5c4cc3N(c3ccc(-c4ccccc4)cc3)c3ccc(-c4ccccc4)cc3)cc2)cc1. The van der Waals surface area contributed by atoms with E-state index in [1.54, 1.807) is 0 Å². The molecule has 10 aromatic carbocycles. The number of benzene rings is 10. The van der Waals surface area contributed by atoms with Crippen molar-refractivity contribution in [2.45, 2.75) is 0 Å². The van der Waals surface area contributed by atoms with Gasteiger partial charge in [0.2, 0.25) is 0 Å². The van der Waals surface area contributed by atoms with Crippen LogP contribution >= 0.6 is 0 Å². The summed E-state index contributed by atoms with van der Waals surface area (Å²) >= 11 is 0. The van der Waals surface area contributed by atoms with Crippen LogP contribution in [0, 0.1) is 0 Å². The fraction of sp³-hybridized carbons (Fsp3) is 0. The first-order chi connectivity index (χ1) is 29.7. The van der Waals surface area contributed by atoms with Crippen LogP contribution in [0.5, 0.6) is 0 Å². The minimum Gasteiger partial charge on any atom is -0.455 e. The van der Waals surface area contributed by atoms with E-state index in [1.165, 1.54) is 49.9 Å². The molecular weight excluding hydrogens is 727 g/mol. The fourth-order valence-corrected chi connectivity index (χ4v) is 8.67. The van der Waals surface area contributed by atoms with Crippen molar-refractivity contribution in [2.75, 3.05) is 4.90 Å². The van der Waals surface area contributed by atoms with Gasteiger partial charge in [-0.1, -0.05) is 194 Å². The summed E-state index contributed by atoms with van der Waals surface area (Å²) < 4.78 is 6.97.